The number of ether oxygens (including phenoxy) is 1. The second-order valence-electron chi connectivity index (χ2n) is 7.33. The van der Waals surface area contributed by atoms with Gasteiger partial charge < -0.3 is 14.6 Å². The smallest absolute Gasteiger partial charge is 0.383 e. The summed E-state index contributed by atoms with van der Waals surface area (Å²) in [5.41, 5.74) is 0.262. The van der Waals surface area contributed by atoms with Gasteiger partial charge in [0.1, 0.15) is 5.69 Å². The Labute approximate surface area is 189 Å². The highest BCUT2D eigenvalue weighted by molar-refractivity contribution is 7.92. The Morgan fingerprint density at radius 1 is 1.12 bits per heavy atom. The average Bonchev–Trinajstić information content (AvgIpc) is 3.11. The first-order chi connectivity index (χ1) is 15.6. The number of sulfonamides is 1. The van der Waals surface area contributed by atoms with Crippen molar-refractivity contribution in [3.8, 4) is 0 Å². The van der Waals surface area contributed by atoms with E-state index < -0.39 is 26.7 Å². The molecule has 0 atom stereocenters. The van der Waals surface area contributed by atoms with Crippen molar-refractivity contribution in [1.82, 2.24) is 9.88 Å². The molecule has 1 amide bonds. The topological polar surface area (TPSA) is 89.4 Å². The summed E-state index contributed by atoms with van der Waals surface area (Å²) in [6.45, 7) is 3.24. The molecule has 0 aliphatic heterocycles. The average molecular weight is 484 g/mol. The number of halogens is 3. The third-order valence-corrected chi connectivity index (χ3v) is 6.28. The first-order valence-corrected chi connectivity index (χ1v) is 11.7. The van der Waals surface area contributed by atoms with Gasteiger partial charge in [0.25, 0.3) is 15.9 Å². The molecule has 0 radical (unpaired) electrons. The molecule has 3 rings (SSSR count). The van der Waals surface area contributed by atoms with Gasteiger partial charge >= 0.3 is 6.18 Å². The Kier molecular flexibility index (Phi) is 7.33. The summed E-state index contributed by atoms with van der Waals surface area (Å²) in [5.74, 6) is -0.289. The molecule has 1 heterocycles. The first kappa shape index (κ1) is 24.6. The fourth-order valence-electron chi connectivity index (χ4n) is 3.40. The minimum atomic E-state index is -4.66. The van der Waals surface area contributed by atoms with Crippen LogP contribution in [0.3, 0.4) is 0 Å². The normalized spacial score (nSPS) is 12.2. The van der Waals surface area contributed by atoms with Crippen molar-refractivity contribution >= 4 is 32.5 Å². The van der Waals surface area contributed by atoms with Crippen LogP contribution in [0.4, 0.5) is 18.9 Å². The number of rotatable bonds is 9. The molecule has 0 saturated heterocycles. The van der Waals surface area contributed by atoms with Crippen molar-refractivity contribution in [2.75, 3.05) is 25.0 Å². The zero-order valence-corrected chi connectivity index (χ0v) is 18.9. The van der Waals surface area contributed by atoms with Crippen LogP contribution >= 0.6 is 0 Å². The molecule has 0 spiro atoms. The minimum absolute atomic E-state index is 0.167. The van der Waals surface area contributed by atoms with Crippen molar-refractivity contribution < 1.29 is 31.1 Å². The molecule has 7 nitrogen and oxygen atoms in total. The van der Waals surface area contributed by atoms with Crippen molar-refractivity contribution in [3.05, 3.63) is 59.8 Å². The van der Waals surface area contributed by atoms with Gasteiger partial charge in [-0.2, -0.15) is 13.2 Å². The molecule has 178 valence electrons. The summed E-state index contributed by atoms with van der Waals surface area (Å²) in [4.78, 5) is 12.1. The number of amides is 1. The minimum Gasteiger partial charge on any atom is -0.383 e. The number of nitrogens with one attached hydrogen (secondary N) is 2. The van der Waals surface area contributed by atoms with Crippen LogP contribution in [0, 0.1) is 0 Å². The quantitative estimate of drug-likeness (QED) is 0.446. The molecule has 2 aromatic carbocycles. The number of anilines is 1. The van der Waals surface area contributed by atoms with E-state index in [0.29, 0.717) is 36.8 Å². The van der Waals surface area contributed by atoms with E-state index in [1.54, 1.807) is 18.2 Å². The van der Waals surface area contributed by atoms with Crippen molar-refractivity contribution in [1.29, 1.82) is 0 Å². The first-order valence-electron chi connectivity index (χ1n) is 10.2. The Morgan fingerprint density at radius 3 is 2.55 bits per heavy atom. The summed E-state index contributed by atoms with van der Waals surface area (Å²) in [6.07, 6.45) is -3.89. The third kappa shape index (κ3) is 5.66. The maximum Gasteiger partial charge on any atom is 0.416 e. The van der Waals surface area contributed by atoms with Crippen molar-refractivity contribution in [2.24, 2.45) is 0 Å². The van der Waals surface area contributed by atoms with Crippen LogP contribution in [0.2, 0.25) is 0 Å². The molecule has 0 bridgehead atoms. The highest BCUT2D eigenvalue weighted by Crippen LogP contribution is 2.31. The van der Waals surface area contributed by atoms with E-state index in [4.69, 9.17) is 4.74 Å². The number of fused-ring (bicyclic) bond motifs is 1. The summed E-state index contributed by atoms with van der Waals surface area (Å²) >= 11 is 0. The van der Waals surface area contributed by atoms with E-state index >= 15 is 0 Å². The number of aryl methyl sites for hydroxylation is 1. The SMILES string of the molecule is CCCn1c(C(=O)NCCOC)cc2cc(NS(=O)(=O)c3cccc(C(F)(F)F)c3)ccc21. The highest BCUT2D eigenvalue weighted by Gasteiger charge is 2.31. The molecule has 2 N–H and O–H groups in total. The number of aromatic nitrogens is 1. The van der Waals surface area contributed by atoms with E-state index in [0.717, 1.165) is 30.1 Å². The standard InChI is InChI=1S/C22H24F3N3O4S/c1-3-10-28-19-8-7-17(12-15(19)13-20(28)21(29)26-9-11-32-2)27-33(30,31)18-6-4-5-16(14-18)22(23,24)25/h4-8,12-14,27H,3,9-11H2,1-2H3,(H,26,29). The lowest BCUT2D eigenvalue weighted by Gasteiger charge is -2.12. The Hall–Kier alpha value is -3.05. The molecule has 0 aliphatic rings. The third-order valence-electron chi connectivity index (χ3n) is 4.90. The maximum absolute atomic E-state index is 13.0. The number of carbonyl (C=O) groups excluding carboxylic acids is 1. The molecule has 11 heteroatoms. The van der Waals surface area contributed by atoms with Crippen molar-refractivity contribution in [3.63, 3.8) is 0 Å². The van der Waals surface area contributed by atoms with E-state index in [-0.39, 0.29) is 11.6 Å². The van der Waals surface area contributed by atoms with Crippen molar-refractivity contribution in [2.45, 2.75) is 31.0 Å². The summed E-state index contributed by atoms with van der Waals surface area (Å²) < 4.78 is 73.4. The van der Waals surface area contributed by atoms with Crippen LogP contribution in [0.15, 0.2) is 53.4 Å². The fourth-order valence-corrected chi connectivity index (χ4v) is 4.49. The summed E-state index contributed by atoms with van der Waals surface area (Å²) in [5, 5.41) is 3.38. The number of carbonyl (C=O) groups is 1. The van der Waals surface area contributed by atoms with Gasteiger partial charge in [0.05, 0.1) is 17.1 Å². The van der Waals surface area contributed by atoms with Gasteiger partial charge in [0.2, 0.25) is 0 Å². The largest absolute Gasteiger partial charge is 0.416 e. The molecule has 0 aliphatic carbocycles. The lowest BCUT2D eigenvalue weighted by molar-refractivity contribution is -0.137. The molecular formula is C22H24F3N3O4S. The van der Waals surface area contributed by atoms with Gasteiger partial charge in [-0.25, -0.2) is 8.42 Å². The Bertz CT molecular complexity index is 1250. The van der Waals surface area contributed by atoms with Gasteiger partial charge in [-0.15, -0.1) is 0 Å². The van der Waals surface area contributed by atoms with Crippen LogP contribution in [0.25, 0.3) is 10.9 Å². The van der Waals surface area contributed by atoms with Gasteiger partial charge in [-0.3, -0.25) is 9.52 Å². The number of alkyl halides is 3. The summed E-state index contributed by atoms with van der Waals surface area (Å²) in [6, 6.07) is 9.89. The molecule has 3 aromatic rings. The molecular weight excluding hydrogens is 459 g/mol. The van der Waals surface area contributed by atoms with Crippen LogP contribution in [0.5, 0.6) is 0 Å². The monoisotopic (exact) mass is 483 g/mol. The zero-order chi connectivity index (χ0) is 24.2. The number of hydrogen-bond acceptors (Lipinski definition) is 4. The van der Waals surface area contributed by atoms with E-state index in [1.807, 2.05) is 11.5 Å². The van der Waals surface area contributed by atoms with E-state index in [1.165, 1.54) is 13.2 Å². The number of hydrogen-bond donors (Lipinski definition) is 2. The van der Waals surface area contributed by atoms with Crippen LogP contribution in [0.1, 0.15) is 29.4 Å². The van der Waals surface area contributed by atoms with Crippen LogP contribution < -0.4 is 10.0 Å². The molecule has 0 fully saturated rings. The van der Waals surface area contributed by atoms with E-state index in [9.17, 15) is 26.4 Å². The Morgan fingerprint density at radius 2 is 1.88 bits per heavy atom. The molecule has 33 heavy (non-hydrogen) atoms. The zero-order valence-electron chi connectivity index (χ0n) is 18.1. The second kappa shape index (κ2) is 9.84. The predicted octanol–water partition coefficient (Wildman–Crippen LogP) is 4.25. The number of methoxy groups -OCH3 is 1. The number of nitrogens with zero attached hydrogens (tertiary/aromatic N) is 1. The molecule has 0 saturated carbocycles. The van der Waals surface area contributed by atoms with Crippen LogP contribution in [-0.4, -0.2) is 39.2 Å². The lowest BCUT2D eigenvalue weighted by Crippen LogP contribution is -2.28. The molecule has 1 aromatic heterocycles. The Balaban J connectivity index is 1.93. The van der Waals surface area contributed by atoms with Crippen LogP contribution in [-0.2, 0) is 27.5 Å². The van der Waals surface area contributed by atoms with E-state index in [2.05, 4.69) is 10.0 Å². The molecule has 0 unspecified atom stereocenters. The van der Waals surface area contributed by atoms with Gasteiger partial charge in [-0.05, 0) is 48.9 Å². The van der Waals surface area contributed by atoms with Gasteiger partial charge in [0, 0.05) is 36.8 Å². The predicted molar refractivity (Wildman–Crippen MR) is 119 cm³/mol. The fraction of sp³-hybridized carbons (Fsp3) is 0.318. The number of benzene rings is 2. The maximum atomic E-state index is 13.0. The summed E-state index contributed by atoms with van der Waals surface area (Å²) in [7, 11) is -2.73. The van der Waals surface area contributed by atoms with Gasteiger partial charge in [0.15, 0.2) is 0 Å². The highest BCUT2D eigenvalue weighted by atomic mass is 32.2. The lowest BCUT2D eigenvalue weighted by atomic mass is 10.2. The second-order valence-corrected chi connectivity index (χ2v) is 9.02. The van der Waals surface area contributed by atoms with Gasteiger partial charge in [-0.1, -0.05) is 13.0 Å².